The third kappa shape index (κ3) is 5.31. The van der Waals surface area contributed by atoms with Crippen molar-refractivity contribution in [3.8, 4) is 0 Å². The van der Waals surface area contributed by atoms with Gasteiger partial charge in [0.05, 0.1) is 10.6 Å². The van der Waals surface area contributed by atoms with Gasteiger partial charge in [-0.3, -0.25) is 9.59 Å². The van der Waals surface area contributed by atoms with Gasteiger partial charge in [0, 0.05) is 12.2 Å². The molecule has 0 saturated carbocycles. The molecule has 0 bridgehead atoms. The van der Waals surface area contributed by atoms with Gasteiger partial charge in [0.15, 0.2) is 0 Å². The summed E-state index contributed by atoms with van der Waals surface area (Å²) in [5.74, 6) is -0.237. The summed E-state index contributed by atoms with van der Waals surface area (Å²) in [6.45, 7) is 6.56. The Hall–Kier alpha value is -2.37. The van der Waals surface area contributed by atoms with Gasteiger partial charge in [-0.1, -0.05) is 55.3 Å². The molecule has 0 aliphatic heterocycles. The number of halogens is 1. The number of hydrogen-bond acceptors (Lipinski definition) is 3. The fourth-order valence-electron chi connectivity index (χ4n) is 2.31. The Labute approximate surface area is 158 Å². The van der Waals surface area contributed by atoms with Gasteiger partial charge in [0.25, 0.3) is 5.91 Å². The summed E-state index contributed by atoms with van der Waals surface area (Å²) in [6, 6.07) is 11.5. The molecule has 6 heteroatoms. The number of benzene rings is 2. The first-order valence-corrected chi connectivity index (χ1v) is 8.86. The van der Waals surface area contributed by atoms with E-state index >= 15 is 0 Å². The molecule has 0 spiro atoms. The Morgan fingerprint density at radius 3 is 2.35 bits per heavy atom. The monoisotopic (exact) mass is 373 g/mol. The van der Waals surface area contributed by atoms with Crippen molar-refractivity contribution in [2.45, 2.75) is 26.8 Å². The van der Waals surface area contributed by atoms with Crippen LogP contribution in [-0.2, 0) is 4.79 Å². The average molecular weight is 374 g/mol. The number of amides is 2. The number of carbonyl (C=O) groups is 2. The minimum absolute atomic E-state index is 0.238. The molecule has 1 unspecified atom stereocenters. The van der Waals surface area contributed by atoms with Gasteiger partial charge in [-0.05, 0) is 36.6 Å². The van der Waals surface area contributed by atoms with E-state index in [1.54, 1.807) is 18.2 Å². The maximum Gasteiger partial charge on any atom is 0.252 e. The Morgan fingerprint density at radius 1 is 1.12 bits per heavy atom. The molecule has 2 amide bonds. The second-order valence-electron chi connectivity index (χ2n) is 6.68. The molecule has 0 saturated heterocycles. The molecule has 26 heavy (non-hydrogen) atoms. The van der Waals surface area contributed by atoms with Crippen LogP contribution in [0, 0.1) is 12.8 Å². The van der Waals surface area contributed by atoms with Crippen LogP contribution in [0.2, 0.25) is 5.02 Å². The molecule has 0 fully saturated rings. The first-order chi connectivity index (χ1) is 12.3. The number of nitrogens with two attached hydrogens (primary N) is 1. The van der Waals surface area contributed by atoms with Gasteiger partial charge in [0.1, 0.15) is 6.04 Å². The molecule has 1 atom stereocenters. The number of hydrogen-bond donors (Lipinski definition) is 3. The van der Waals surface area contributed by atoms with Crippen LogP contribution >= 0.6 is 11.6 Å². The van der Waals surface area contributed by atoms with Crippen molar-refractivity contribution in [1.82, 2.24) is 5.32 Å². The van der Waals surface area contributed by atoms with Crippen LogP contribution in [0.1, 0.15) is 41.4 Å². The van der Waals surface area contributed by atoms with Crippen molar-refractivity contribution >= 4 is 29.1 Å². The van der Waals surface area contributed by atoms with E-state index in [0.29, 0.717) is 23.7 Å². The SMILES string of the molecule is Cc1ccc(C(N)C(=O)Nc2ccc(C(=O)NCC(C)C)c(Cl)c2)cc1. The lowest BCUT2D eigenvalue weighted by atomic mass is 10.1. The molecule has 0 aliphatic rings. The average Bonchev–Trinajstić information content (AvgIpc) is 2.59. The van der Waals surface area contributed by atoms with Crippen LogP contribution in [0.3, 0.4) is 0 Å². The van der Waals surface area contributed by atoms with Crippen molar-refractivity contribution in [2.24, 2.45) is 11.7 Å². The zero-order valence-corrected chi connectivity index (χ0v) is 15.9. The highest BCUT2D eigenvalue weighted by Gasteiger charge is 2.17. The van der Waals surface area contributed by atoms with E-state index in [1.165, 1.54) is 0 Å². The Kier molecular flexibility index (Phi) is 6.77. The molecule has 0 radical (unpaired) electrons. The standard InChI is InChI=1S/C20H24ClN3O2/c1-12(2)11-23-19(25)16-9-8-15(10-17(16)21)24-20(26)18(22)14-6-4-13(3)5-7-14/h4-10,12,18H,11,22H2,1-3H3,(H,23,25)(H,24,26). The molecule has 2 aromatic carbocycles. The van der Waals surface area contributed by atoms with Crippen LogP contribution in [0.15, 0.2) is 42.5 Å². The van der Waals surface area contributed by atoms with E-state index in [1.807, 2.05) is 45.0 Å². The fourth-order valence-corrected chi connectivity index (χ4v) is 2.58. The van der Waals surface area contributed by atoms with Gasteiger partial charge in [-0.2, -0.15) is 0 Å². The zero-order valence-electron chi connectivity index (χ0n) is 15.2. The molecule has 138 valence electrons. The van der Waals surface area contributed by atoms with Crippen molar-refractivity contribution in [3.63, 3.8) is 0 Å². The minimum Gasteiger partial charge on any atom is -0.352 e. The largest absolute Gasteiger partial charge is 0.352 e. The summed E-state index contributed by atoms with van der Waals surface area (Å²) in [4.78, 5) is 24.5. The van der Waals surface area contributed by atoms with E-state index in [-0.39, 0.29) is 16.8 Å². The molecule has 0 heterocycles. The minimum atomic E-state index is -0.789. The summed E-state index contributed by atoms with van der Waals surface area (Å²) >= 11 is 6.19. The Morgan fingerprint density at radius 2 is 1.77 bits per heavy atom. The van der Waals surface area contributed by atoms with Crippen molar-refractivity contribution in [1.29, 1.82) is 0 Å². The number of aryl methyl sites for hydroxylation is 1. The molecule has 0 aliphatic carbocycles. The van der Waals surface area contributed by atoms with E-state index in [4.69, 9.17) is 17.3 Å². The van der Waals surface area contributed by atoms with Crippen molar-refractivity contribution in [3.05, 3.63) is 64.2 Å². The van der Waals surface area contributed by atoms with Crippen LogP contribution in [0.5, 0.6) is 0 Å². The van der Waals surface area contributed by atoms with E-state index in [9.17, 15) is 9.59 Å². The first-order valence-electron chi connectivity index (χ1n) is 8.48. The summed E-state index contributed by atoms with van der Waals surface area (Å²) in [6.07, 6.45) is 0. The van der Waals surface area contributed by atoms with Gasteiger partial charge >= 0.3 is 0 Å². The number of rotatable bonds is 6. The summed E-state index contributed by atoms with van der Waals surface area (Å²) in [7, 11) is 0. The van der Waals surface area contributed by atoms with Crippen LogP contribution in [0.25, 0.3) is 0 Å². The van der Waals surface area contributed by atoms with Crippen LogP contribution in [0.4, 0.5) is 5.69 Å². The van der Waals surface area contributed by atoms with Gasteiger partial charge in [-0.25, -0.2) is 0 Å². The lowest BCUT2D eigenvalue weighted by molar-refractivity contribution is -0.117. The normalized spacial score (nSPS) is 11.9. The van der Waals surface area contributed by atoms with Crippen molar-refractivity contribution < 1.29 is 9.59 Å². The summed E-state index contributed by atoms with van der Waals surface area (Å²) in [5, 5.41) is 5.82. The third-order valence-corrected chi connectivity index (χ3v) is 4.18. The fraction of sp³-hybridized carbons (Fsp3) is 0.300. The van der Waals surface area contributed by atoms with Gasteiger partial charge in [0.2, 0.25) is 5.91 Å². The maximum absolute atomic E-state index is 12.3. The second-order valence-corrected chi connectivity index (χ2v) is 7.08. The predicted octanol–water partition coefficient (Wildman–Crippen LogP) is 3.67. The first kappa shape index (κ1) is 19.9. The second kappa shape index (κ2) is 8.83. The number of nitrogens with one attached hydrogen (secondary N) is 2. The number of carbonyl (C=O) groups excluding carboxylic acids is 2. The summed E-state index contributed by atoms with van der Waals surface area (Å²) < 4.78 is 0. The van der Waals surface area contributed by atoms with Gasteiger partial charge in [-0.15, -0.1) is 0 Å². The molecular weight excluding hydrogens is 350 g/mol. The van der Waals surface area contributed by atoms with Gasteiger partial charge < -0.3 is 16.4 Å². The Bertz CT molecular complexity index is 788. The van der Waals surface area contributed by atoms with E-state index < -0.39 is 6.04 Å². The molecule has 4 N–H and O–H groups in total. The summed E-state index contributed by atoms with van der Waals surface area (Å²) in [5.41, 5.74) is 8.69. The lowest BCUT2D eigenvalue weighted by Gasteiger charge is -2.14. The van der Waals surface area contributed by atoms with Crippen LogP contribution in [-0.4, -0.2) is 18.4 Å². The lowest BCUT2D eigenvalue weighted by Crippen LogP contribution is -2.28. The molecule has 5 nitrogen and oxygen atoms in total. The molecular formula is C20H24ClN3O2. The topological polar surface area (TPSA) is 84.2 Å². The zero-order chi connectivity index (χ0) is 19.3. The smallest absolute Gasteiger partial charge is 0.252 e. The molecule has 0 aromatic heterocycles. The maximum atomic E-state index is 12.3. The highest BCUT2D eigenvalue weighted by atomic mass is 35.5. The quantitative estimate of drug-likeness (QED) is 0.722. The predicted molar refractivity (Wildman–Crippen MR) is 105 cm³/mol. The third-order valence-electron chi connectivity index (χ3n) is 3.87. The Balaban J connectivity index is 2.05. The highest BCUT2D eigenvalue weighted by Crippen LogP contribution is 2.22. The van der Waals surface area contributed by atoms with E-state index in [0.717, 1.165) is 11.1 Å². The molecule has 2 rings (SSSR count). The van der Waals surface area contributed by atoms with Crippen LogP contribution < -0.4 is 16.4 Å². The highest BCUT2D eigenvalue weighted by molar-refractivity contribution is 6.34. The number of anilines is 1. The van der Waals surface area contributed by atoms with Crippen molar-refractivity contribution in [2.75, 3.05) is 11.9 Å². The molecule has 2 aromatic rings. The van der Waals surface area contributed by atoms with E-state index in [2.05, 4.69) is 10.6 Å².